The molecule has 1 aromatic heterocycles. The van der Waals surface area contributed by atoms with Crippen molar-refractivity contribution in [3.8, 4) is 11.1 Å². The molecule has 0 saturated heterocycles. The van der Waals surface area contributed by atoms with Gasteiger partial charge in [0.15, 0.2) is 0 Å². The number of nitrogens with zero attached hydrogens (tertiary/aromatic N) is 1. The largest absolute Gasteiger partial charge is 0.433 e. The monoisotopic (exact) mass is 357 g/mol. The van der Waals surface area contributed by atoms with Crippen molar-refractivity contribution in [3.63, 3.8) is 0 Å². The lowest BCUT2D eigenvalue weighted by Crippen LogP contribution is -2.09. The Balaban J connectivity index is 2.63. The molecule has 1 aromatic carbocycles. The van der Waals surface area contributed by atoms with Gasteiger partial charge in [0.05, 0.1) is 0 Å². The van der Waals surface area contributed by atoms with Gasteiger partial charge in [-0.05, 0) is 47.7 Å². The van der Waals surface area contributed by atoms with Crippen LogP contribution in [0.5, 0.6) is 0 Å². The first-order valence-corrected chi connectivity index (χ1v) is 7.33. The fourth-order valence-corrected chi connectivity index (χ4v) is 2.73. The predicted molar refractivity (Wildman–Crippen MR) is 81.2 cm³/mol. The van der Waals surface area contributed by atoms with Crippen LogP contribution in [0.3, 0.4) is 0 Å². The minimum Gasteiger partial charge on any atom is -0.251 e. The molecule has 0 atom stereocenters. The third kappa shape index (κ3) is 3.46. The Morgan fingerprint density at radius 2 is 1.76 bits per heavy atom. The summed E-state index contributed by atoms with van der Waals surface area (Å²) in [4.78, 5) is 3.60. The fraction of sp³-hybridized carbons (Fsp3) is 0.312. The Labute approximate surface area is 130 Å². The smallest absolute Gasteiger partial charge is 0.251 e. The Bertz CT molecular complexity index is 663. The number of hydrogen-bond acceptors (Lipinski definition) is 1. The van der Waals surface area contributed by atoms with Crippen LogP contribution >= 0.6 is 15.9 Å². The second-order valence-electron chi connectivity index (χ2n) is 5.27. The van der Waals surface area contributed by atoms with E-state index < -0.39 is 11.9 Å². The third-order valence-corrected chi connectivity index (χ3v) is 3.82. The van der Waals surface area contributed by atoms with E-state index >= 15 is 0 Å². The van der Waals surface area contributed by atoms with Crippen molar-refractivity contribution in [3.05, 3.63) is 51.8 Å². The molecule has 5 heteroatoms. The van der Waals surface area contributed by atoms with Crippen LogP contribution in [0.4, 0.5) is 13.2 Å². The first-order valence-electron chi connectivity index (χ1n) is 6.54. The minimum atomic E-state index is -4.42. The van der Waals surface area contributed by atoms with Gasteiger partial charge >= 0.3 is 6.18 Å². The van der Waals surface area contributed by atoms with Gasteiger partial charge in [0.2, 0.25) is 0 Å². The van der Waals surface area contributed by atoms with E-state index in [2.05, 4.69) is 20.9 Å². The average molecular weight is 358 g/mol. The summed E-state index contributed by atoms with van der Waals surface area (Å²) in [6, 6.07) is 6.87. The van der Waals surface area contributed by atoms with Gasteiger partial charge in [0.1, 0.15) is 5.69 Å². The Morgan fingerprint density at radius 1 is 1.10 bits per heavy atom. The summed E-state index contributed by atoms with van der Waals surface area (Å²) in [5.41, 5.74) is 2.46. The molecular formula is C16H15BrF3N. The summed E-state index contributed by atoms with van der Waals surface area (Å²) < 4.78 is 39.4. The maximum atomic E-state index is 12.8. The zero-order chi connectivity index (χ0) is 15.8. The fourth-order valence-electron chi connectivity index (χ4n) is 2.26. The van der Waals surface area contributed by atoms with Crippen molar-refractivity contribution in [1.82, 2.24) is 4.98 Å². The van der Waals surface area contributed by atoms with E-state index in [0.717, 1.165) is 27.2 Å². The number of aromatic nitrogens is 1. The maximum Gasteiger partial charge on any atom is 0.433 e. The summed E-state index contributed by atoms with van der Waals surface area (Å²) in [6.07, 6.45) is -3.09. The summed E-state index contributed by atoms with van der Waals surface area (Å²) in [5.74, 6) is -0.0212. The van der Waals surface area contributed by atoms with Crippen molar-refractivity contribution in [2.24, 2.45) is 0 Å². The van der Waals surface area contributed by atoms with E-state index in [1.807, 2.05) is 39.0 Å². The van der Waals surface area contributed by atoms with Crippen LogP contribution in [0, 0.1) is 6.92 Å². The normalized spacial score (nSPS) is 12.0. The van der Waals surface area contributed by atoms with Gasteiger partial charge in [-0.2, -0.15) is 13.2 Å². The van der Waals surface area contributed by atoms with E-state index in [4.69, 9.17) is 0 Å². The van der Waals surface area contributed by atoms with Gasteiger partial charge in [-0.15, -0.1) is 0 Å². The van der Waals surface area contributed by atoms with Crippen LogP contribution in [0.25, 0.3) is 11.1 Å². The zero-order valence-corrected chi connectivity index (χ0v) is 13.5. The van der Waals surface area contributed by atoms with E-state index in [0.29, 0.717) is 5.56 Å². The molecule has 0 unspecified atom stereocenters. The Kier molecular flexibility index (Phi) is 4.42. The van der Waals surface area contributed by atoms with Crippen LogP contribution in [0.15, 0.2) is 34.9 Å². The Morgan fingerprint density at radius 3 is 2.29 bits per heavy atom. The topological polar surface area (TPSA) is 12.9 Å². The molecule has 0 fully saturated rings. The van der Waals surface area contributed by atoms with Gasteiger partial charge < -0.3 is 0 Å². The van der Waals surface area contributed by atoms with Gasteiger partial charge in [0.25, 0.3) is 0 Å². The lowest BCUT2D eigenvalue weighted by molar-refractivity contribution is -0.141. The SMILES string of the molecule is Cc1cc(Br)ccc1-c1cnc(C(F)(F)F)cc1C(C)C. The summed E-state index contributed by atoms with van der Waals surface area (Å²) in [7, 11) is 0. The van der Waals surface area contributed by atoms with Crippen molar-refractivity contribution >= 4 is 15.9 Å². The van der Waals surface area contributed by atoms with E-state index in [1.54, 1.807) is 0 Å². The number of aryl methyl sites for hydroxylation is 1. The number of pyridine rings is 1. The summed E-state index contributed by atoms with van der Waals surface area (Å²) in [5, 5.41) is 0. The summed E-state index contributed by atoms with van der Waals surface area (Å²) >= 11 is 3.39. The second kappa shape index (κ2) is 5.79. The van der Waals surface area contributed by atoms with Crippen LogP contribution in [0.1, 0.15) is 36.6 Å². The highest BCUT2D eigenvalue weighted by atomic mass is 79.9. The predicted octanol–water partition coefficient (Wildman–Crippen LogP) is 5.96. The van der Waals surface area contributed by atoms with E-state index in [-0.39, 0.29) is 5.92 Å². The first kappa shape index (κ1) is 16.0. The minimum absolute atomic E-state index is 0.0212. The average Bonchev–Trinajstić information content (AvgIpc) is 2.37. The molecule has 0 aliphatic heterocycles. The van der Waals surface area contributed by atoms with Crippen molar-refractivity contribution in [2.75, 3.05) is 0 Å². The van der Waals surface area contributed by atoms with Gasteiger partial charge in [0, 0.05) is 16.2 Å². The molecule has 2 rings (SSSR count). The highest BCUT2D eigenvalue weighted by Crippen LogP contribution is 2.36. The van der Waals surface area contributed by atoms with Crippen molar-refractivity contribution in [1.29, 1.82) is 0 Å². The van der Waals surface area contributed by atoms with Crippen LogP contribution in [-0.4, -0.2) is 4.98 Å². The number of alkyl halides is 3. The number of hydrogen-bond donors (Lipinski definition) is 0. The highest BCUT2D eigenvalue weighted by Gasteiger charge is 2.33. The quantitative estimate of drug-likeness (QED) is 0.645. The molecule has 1 heterocycles. The van der Waals surface area contributed by atoms with Crippen molar-refractivity contribution < 1.29 is 13.2 Å². The zero-order valence-electron chi connectivity index (χ0n) is 11.9. The first-order chi connectivity index (χ1) is 9.70. The molecule has 1 nitrogen and oxygen atoms in total. The Hall–Kier alpha value is -1.36. The molecule has 2 aromatic rings. The second-order valence-corrected chi connectivity index (χ2v) is 6.18. The van der Waals surface area contributed by atoms with Crippen molar-refractivity contribution in [2.45, 2.75) is 32.9 Å². The standard InChI is InChI=1S/C16H15BrF3N/c1-9(2)13-7-15(16(18,19)20)21-8-14(13)12-5-4-11(17)6-10(12)3/h4-9H,1-3H3. The maximum absolute atomic E-state index is 12.8. The number of rotatable bonds is 2. The third-order valence-electron chi connectivity index (χ3n) is 3.33. The van der Waals surface area contributed by atoms with Crippen LogP contribution in [-0.2, 0) is 6.18 Å². The van der Waals surface area contributed by atoms with Crippen LogP contribution in [0.2, 0.25) is 0 Å². The lowest BCUT2D eigenvalue weighted by atomic mass is 9.91. The van der Waals surface area contributed by atoms with Gasteiger partial charge in [-0.3, -0.25) is 4.98 Å². The molecule has 0 N–H and O–H groups in total. The molecule has 0 saturated carbocycles. The lowest BCUT2D eigenvalue weighted by Gasteiger charge is -2.17. The molecule has 112 valence electrons. The molecule has 0 amide bonds. The molecule has 0 bridgehead atoms. The van der Waals surface area contributed by atoms with Gasteiger partial charge in [-0.1, -0.05) is 35.8 Å². The number of halogens is 4. The molecule has 0 aliphatic rings. The van der Waals surface area contributed by atoms with E-state index in [9.17, 15) is 13.2 Å². The molecule has 0 aliphatic carbocycles. The summed E-state index contributed by atoms with van der Waals surface area (Å²) in [6.45, 7) is 5.70. The van der Waals surface area contributed by atoms with Crippen LogP contribution < -0.4 is 0 Å². The molecule has 0 spiro atoms. The van der Waals surface area contributed by atoms with E-state index in [1.165, 1.54) is 6.20 Å². The van der Waals surface area contributed by atoms with Gasteiger partial charge in [-0.25, -0.2) is 0 Å². The number of benzene rings is 1. The molecule has 21 heavy (non-hydrogen) atoms. The highest BCUT2D eigenvalue weighted by molar-refractivity contribution is 9.10. The molecular weight excluding hydrogens is 343 g/mol. The molecule has 0 radical (unpaired) electrons.